The number of aryl methyl sites for hydroxylation is 1. The van der Waals surface area contributed by atoms with Gasteiger partial charge in [-0.05, 0) is 58.6 Å². The molecule has 1 unspecified atom stereocenters. The van der Waals surface area contributed by atoms with Crippen LogP contribution in [0.25, 0.3) is 0 Å². The molecule has 0 heterocycles. The molecule has 0 saturated heterocycles. The summed E-state index contributed by atoms with van der Waals surface area (Å²) < 4.78 is 28.1. The molecule has 0 spiro atoms. The maximum Gasteiger partial charge on any atom is 0.133 e. The minimum Gasteiger partial charge on any atom is -0.310 e. The monoisotopic (exact) mass is 270 g/mol. The fourth-order valence-corrected chi connectivity index (χ4v) is 2.05. The van der Waals surface area contributed by atoms with E-state index >= 15 is 0 Å². The molecule has 19 heavy (non-hydrogen) atoms. The number of nitrogens with zero attached hydrogens (tertiary/aromatic N) is 1. The highest BCUT2D eigenvalue weighted by Gasteiger charge is 2.21. The van der Waals surface area contributed by atoms with Crippen LogP contribution in [0.15, 0.2) is 12.1 Å². The first-order valence-corrected chi connectivity index (χ1v) is 6.80. The first-order chi connectivity index (χ1) is 8.97. The van der Waals surface area contributed by atoms with Crippen molar-refractivity contribution in [3.63, 3.8) is 0 Å². The Morgan fingerprint density at radius 1 is 1.26 bits per heavy atom. The quantitative estimate of drug-likeness (QED) is 0.818. The van der Waals surface area contributed by atoms with E-state index in [4.69, 9.17) is 0 Å². The van der Waals surface area contributed by atoms with Crippen molar-refractivity contribution in [1.29, 1.82) is 0 Å². The zero-order valence-electron chi connectivity index (χ0n) is 12.3. The van der Waals surface area contributed by atoms with E-state index < -0.39 is 11.6 Å². The number of hydrogen-bond donors (Lipinski definition) is 1. The van der Waals surface area contributed by atoms with Gasteiger partial charge in [-0.1, -0.05) is 13.0 Å². The highest BCUT2D eigenvalue weighted by atomic mass is 19.1. The predicted molar refractivity (Wildman–Crippen MR) is 75.3 cm³/mol. The van der Waals surface area contributed by atoms with Gasteiger partial charge in [0.15, 0.2) is 0 Å². The van der Waals surface area contributed by atoms with E-state index in [1.807, 2.05) is 25.9 Å². The van der Waals surface area contributed by atoms with Gasteiger partial charge in [-0.3, -0.25) is 0 Å². The lowest BCUT2D eigenvalue weighted by Gasteiger charge is -2.22. The van der Waals surface area contributed by atoms with Gasteiger partial charge >= 0.3 is 0 Å². The molecule has 0 amide bonds. The van der Waals surface area contributed by atoms with Crippen molar-refractivity contribution in [2.24, 2.45) is 0 Å². The van der Waals surface area contributed by atoms with Crippen LogP contribution >= 0.6 is 0 Å². The molecule has 1 rings (SSSR count). The Kier molecular flexibility index (Phi) is 6.38. The molecule has 1 N–H and O–H groups in total. The summed E-state index contributed by atoms with van der Waals surface area (Å²) in [4.78, 5) is 2.02. The van der Waals surface area contributed by atoms with Gasteiger partial charge in [-0.25, -0.2) is 8.78 Å². The second-order valence-corrected chi connectivity index (χ2v) is 5.19. The second kappa shape index (κ2) is 7.56. The molecular formula is C15H24F2N2. The second-order valence-electron chi connectivity index (χ2n) is 5.19. The summed E-state index contributed by atoms with van der Waals surface area (Å²) in [7, 11) is 3.92. The molecule has 0 aromatic heterocycles. The summed E-state index contributed by atoms with van der Waals surface area (Å²) in [6.45, 7) is 5.25. The van der Waals surface area contributed by atoms with E-state index in [9.17, 15) is 8.78 Å². The molecule has 0 radical (unpaired) electrons. The van der Waals surface area contributed by atoms with Crippen LogP contribution in [0.4, 0.5) is 8.78 Å². The summed E-state index contributed by atoms with van der Waals surface area (Å²) in [6, 6.07) is 2.56. The average Bonchev–Trinajstić information content (AvgIpc) is 2.36. The average molecular weight is 270 g/mol. The lowest BCUT2D eigenvalue weighted by Crippen LogP contribution is -2.28. The zero-order valence-corrected chi connectivity index (χ0v) is 12.3. The third kappa shape index (κ3) is 4.55. The van der Waals surface area contributed by atoms with Crippen LogP contribution in [0.1, 0.15) is 36.9 Å². The molecule has 4 heteroatoms. The molecule has 1 atom stereocenters. The molecule has 0 saturated carbocycles. The van der Waals surface area contributed by atoms with Crippen molar-refractivity contribution in [2.45, 2.75) is 32.7 Å². The van der Waals surface area contributed by atoms with Crippen LogP contribution < -0.4 is 5.32 Å². The maximum atomic E-state index is 14.2. The smallest absolute Gasteiger partial charge is 0.133 e. The lowest BCUT2D eigenvalue weighted by atomic mass is 9.99. The largest absolute Gasteiger partial charge is 0.310 e. The highest BCUT2D eigenvalue weighted by Crippen LogP contribution is 2.25. The van der Waals surface area contributed by atoms with E-state index in [0.29, 0.717) is 12.0 Å². The number of rotatable bonds is 7. The molecule has 108 valence electrons. The Labute approximate surface area is 114 Å². The summed E-state index contributed by atoms with van der Waals surface area (Å²) in [5.74, 6) is -0.886. The molecule has 0 aliphatic carbocycles. The molecule has 1 aromatic carbocycles. The minimum absolute atomic E-state index is 0.176. The fraction of sp³-hybridized carbons (Fsp3) is 0.600. The van der Waals surface area contributed by atoms with Gasteiger partial charge in [-0.15, -0.1) is 0 Å². The van der Waals surface area contributed by atoms with Crippen LogP contribution in [0.3, 0.4) is 0 Å². The van der Waals surface area contributed by atoms with Crippen LogP contribution in [0.2, 0.25) is 0 Å². The maximum absolute atomic E-state index is 14.2. The van der Waals surface area contributed by atoms with Crippen molar-refractivity contribution in [2.75, 3.05) is 27.2 Å². The van der Waals surface area contributed by atoms with Gasteiger partial charge in [0.2, 0.25) is 0 Å². The first-order valence-electron chi connectivity index (χ1n) is 6.80. The molecule has 0 fully saturated rings. The van der Waals surface area contributed by atoms with Gasteiger partial charge in [0.1, 0.15) is 11.6 Å². The summed E-state index contributed by atoms with van der Waals surface area (Å²) in [5.41, 5.74) is 0.667. The third-order valence-corrected chi connectivity index (χ3v) is 3.17. The molecule has 1 aromatic rings. The van der Waals surface area contributed by atoms with Gasteiger partial charge in [-0.2, -0.15) is 0 Å². The normalized spacial score (nSPS) is 13.0. The van der Waals surface area contributed by atoms with E-state index in [2.05, 4.69) is 5.32 Å². The van der Waals surface area contributed by atoms with Crippen LogP contribution in [0.5, 0.6) is 0 Å². The van der Waals surface area contributed by atoms with E-state index in [-0.39, 0.29) is 11.6 Å². The Hall–Kier alpha value is -1.00. The number of halogens is 2. The van der Waals surface area contributed by atoms with Crippen molar-refractivity contribution in [3.05, 3.63) is 34.9 Å². The Morgan fingerprint density at radius 2 is 1.95 bits per heavy atom. The van der Waals surface area contributed by atoms with E-state index in [0.717, 1.165) is 19.5 Å². The number of nitrogens with one attached hydrogen (secondary N) is 1. The van der Waals surface area contributed by atoms with Crippen LogP contribution in [-0.4, -0.2) is 32.1 Å². The molecule has 0 bridgehead atoms. The third-order valence-electron chi connectivity index (χ3n) is 3.17. The first kappa shape index (κ1) is 16.1. The van der Waals surface area contributed by atoms with Crippen molar-refractivity contribution in [1.82, 2.24) is 10.2 Å². The van der Waals surface area contributed by atoms with Gasteiger partial charge in [0, 0.05) is 11.6 Å². The standard InChI is InChI=1S/C15H24F2N2/c1-5-9-18-13(8-10-19(3)4)14-12(16)7-6-11(2)15(14)17/h6-7,13,18H,5,8-10H2,1-4H3. The molecular weight excluding hydrogens is 246 g/mol. The Bertz CT molecular complexity index is 405. The molecule has 0 aliphatic rings. The summed E-state index contributed by atoms with van der Waals surface area (Å²) >= 11 is 0. The predicted octanol–water partition coefficient (Wildman–Crippen LogP) is 3.27. The number of hydrogen-bond acceptors (Lipinski definition) is 2. The molecule has 0 aliphatic heterocycles. The van der Waals surface area contributed by atoms with Gasteiger partial charge < -0.3 is 10.2 Å². The number of benzene rings is 1. The van der Waals surface area contributed by atoms with Gasteiger partial charge in [0.25, 0.3) is 0 Å². The summed E-state index contributed by atoms with van der Waals surface area (Å²) in [6.07, 6.45) is 1.62. The van der Waals surface area contributed by atoms with Crippen LogP contribution in [0, 0.1) is 18.6 Å². The van der Waals surface area contributed by atoms with Crippen molar-refractivity contribution in [3.8, 4) is 0 Å². The van der Waals surface area contributed by atoms with Gasteiger partial charge in [0.05, 0.1) is 0 Å². The lowest BCUT2D eigenvalue weighted by molar-refractivity contribution is 0.350. The van der Waals surface area contributed by atoms with Crippen LogP contribution in [-0.2, 0) is 0 Å². The Balaban J connectivity index is 2.98. The van der Waals surface area contributed by atoms with Crippen molar-refractivity contribution >= 4 is 0 Å². The van der Waals surface area contributed by atoms with E-state index in [1.165, 1.54) is 12.1 Å². The topological polar surface area (TPSA) is 15.3 Å². The fourth-order valence-electron chi connectivity index (χ4n) is 2.05. The SMILES string of the molecule is CCCNC(CCN(C)C)c1c(F)ccc(C)c1F. The summed E-state index contributed by atoms with van der Waals surface area (Å²) in [5, 5.41) is 3.24. The highest BCUT2D eigenvalue weighted by molar-refractivity contribution is 5.29. The Morgan fingerprint density at radius 3 is 2.53 bits per heavy atom. The van der Waals surface area contributed by atoms with Crippen molar-refractivity contribution < 1.29 is 8.78 Å². The zero-order chi connectivity index (χ0) is 14.4. The van der Waals surface area contributed by atoms with E-state index in [1.54, 1.807) is 6.92 Å². The molecule has 2 nitrogen and oxygen atoms in total. The minimum atomic E-state index is -0.463.